The van der Waals surface area contributed by atoms with Crippen molar-refractivity contribution in [3.05, 3.63) is 29.3 Å². The molecule has 12 heavy (non-hydrogen) atoms. The SMILES string of the molecule is COc1cccc(Cl)c1.[I][Zn][I]. The van der Waals surface area contributed by atoms with Crippen LogP contribution in [0.1, 0.15) is 0 Å². The molecular weight excluding hydrogens is 455 g/mol. The van der Waals surface area contributed by atoms with Crippen LogP contribution in [0.5, 0.6) is 5.75 Å². The fourth-order valence-corrected chi connectivity index (χ4v) is 0.774. The van der Waals surface area contributed by atoms with E-state index < -0.39 is 0 Å². The summed E-state index contributed by atoms with van der Waals surface area (Å²) < 4.78 is 4.91. The first-order chi connectivity index (χ1) is 5.74. The van der Waals surface area contributed by atoms with Crippen LogP contribution >= 0.6 is 51.1 Å². The number of methoxy groups -OCH3 is 1. The van der Waals surface area contributed by atoms with Crippen LogP contribution in [0.4, 0.5) is 0 Å². The number of hydrogen-bond donors (Lipinski definition) is 0. The van der Waals surface area contributed by atoms with E-state index in [1.165, 1.54) is 0 Å². The van der Waals surface area contributed by atoms with Gasteiger partial charge in [-0.15, -0.1) is 0 Å². The van der Waals surface area contributed by atoms with Gasteiger partial charge in [-0.05, 0) is 18.2 Å². The van der Waals surface area contributed by atoms with E-state index in [-0.39, 0.29) is 10.1 Å². The van der Waals surface area contributed by atoms with E-state index in [0.717, 1.165) is 5.75 Å². The second kappa shape index (κ2) is 8.97. The van der Waals surface area contributed by atoms with Crippen molar-refractivity contribution in [1.29, 1.82) is 0 Å². The minimum atomic E-state index is 0.0650. The fraction of sp³-hybridized carbons (Fsp3) is 0.143. The van der Waals surface area contributed by atoms with Crippen LogP contribution in [0.25, 0.3) is 0 Å². The van der Waals surface area contributed by atoms with Gasteiger partial charge in [-0.25, -0.2) is 0 Å². The van der Waals surface area contributed by atoms with Crippen LogP contribution in [0.3, 0.4) is 0 Å². The Bertz CT molecular complexity index is 222. The molecule has 5 heteroatoms. The van der Waals surface area contributed by atoms with E-state index in [4.69, 9.17) is 16.3 Å². The number of hydrogen-bond acceptors (Lipinski definition) is 1. The Kier molecular flexibility index (Phi) is 10.0. The third-order valence-corrected chi connectivity index (χ3v) is 1.27. The van der Waals surface area contributed by atoms with Gasteiger partial charge >= 0.3 is 49.6 Å². The summed E-state index contributed by atoms with van der Waals surface area (Å²) in [5.41, 5.74) is 0. The molecule has 0 heterocycles. The molecule has 0 fully saturated rings. The molecule has 0 unspecified atom stereocenters. The van der Waals surface area contributed by atoms with Gasteiger partial charge in [0, 0.05) is 5.02 Å². The number of rotatable bonds is 1. The standard InChI is InChI=1S/C7H7ClO.2HI.Zn/c1-9-7-4-2-3-6(8)5-7;;;/h2-5H,1H3;2*1H;/q;;;+2/p-2. The number of halogens is 3. The Morgan fingerprint density at radius 1 is 1.42 bits per heavy atom. The third-order valence-electron chi connectivity index (χ3n) is 1.03. The molecule has 64 valence electrons. The van der Waals surface area contributed by atoms with Gasteiger partial charge in [0.25, 0.3) is 0 Å². The molecule has 0 saturated heterocycles. The van der Waals surface area contributed by atoms with Crippen molar-refractivity contribution in [2.45, 2.75) is 0 Å². The molecule has 1 aromatic rings. The van der Waals surface area contributed by atoms with Gasteiger partial charge in [0.15, 0.2) is 0 Å². The molecule has 1 aromatic carbocycles. The van der Waals surface area contributed by atoms with E-state index in [2.05, 4.69) is 39.5 Å². The molecule has 0 N–H and O–H groups in total. The van der Waals surface area contributed by atoms with E-state index in [1.807, 2.05) is 18.2 Å². The Morgan fingerprint density at radius 2 is 2.00 bits per heavy atom. The van der Waals surface area contributed by atoms with Gasteiger partial charge in [0.1, 0.15) is 5.75 Å². The summed E-state index contributed by atoms with van der Waals surface area (Å²) in [5.74, 6) is 0.794. The minimum absolute atomic E-state index is 0.0650. The quantitative estimate of drug-likeness (QED) is 0.452. The second-order valence-corrected chi connectivity index (χ2v) is 25.7. The molecule has 1 nitrogen and oxygen atoms in total. The third kappa shape index (κ3) is 6.86. The van der Waals surface area contributed by atoms with Crippen molar-refractivity contribution in [3.8, 4) is 5.75 Å². The van der Waals surface area contributed by atoms with Gasteiger partial charge in [0.05, 0.1) is 7.11 Å². The summed E-state index contributed by atoms with van der Waals surface area (Å²) in [5, 5.41) is 0.703. The summed E-state index contributed by atoms with van der Waals surface area (Å²) >= 11 is 10.6. The topological polar surface area (TPSA) is 9.23 Å². The monoisotopic (exact) mass is 460 g/mol. The van der Waals surface area contributed by atoms with E-state index in [0.29, 0.717) is 5.02 Å². The normalized spacial score (nSPS) is 7.67. The summed E-state index contributed by atoms with van der Waals surface area (Å²) in [6.45, 7) is 0. The van der Waals surface area contributed by atoms with Crippen molar-refractivity contribution >= 4 is 51.1 Å². The van der Waals surface area contributed by atoms with Crippen LogP contribution in [0.2, 0.25) is 5.02 Å². The first-order valence-electron chi connectivity index (χ1n) is 3.16. The summed E-state index contributed by atoms with van der Waals surface area (Å²) in [6.07, 6.45) is 0. The maximum atomic E-state index is 5.64. The molecule has 0 atom stereocenters. The molecule has 0 spiro atoms. The number of benzene rings is 1. The Labute approximate surface area is 107 Å². The van der Waals surface area contributed by atoms with Crippen molar-refractivity contribution < 1.29 is 14.8 Å². The average molecular weight is 462 g/mol. The molecule has 0 aromatic heterocycles. The molecule has 0 saturated carbocycles. The molecule has 1 rings (SSSR count). The van der Waals surface area contributed by atoms with Crippen LogP contribution in [-0.2, 0) is 10.1 Å². The first-order valence-corrected chi connectivity index (χ1v) is 21.6. The van der Waals surface area contributed by atoms with Gasteiger partial charge in [0.2, 0.25) is 0 Å². The van der Waals surface area contributed by atoms with E-state index in [1.54, 1.807) is 13.2 Å². The Hall–Kier alpha value is 1.39. The predicted molar refractivity (Wildman–Crippen MR) is 66.0 cm³/mol. The van der Waals surface area contributed by atoms with Crippen molar-refractivity contribution in [2.24, 2.45) is 0 Å². The van der Waals surface area contributed by atoms with E-state index >= 15 is 0 Å². The first kappa shape index (κ1) is 13.4. The average Bonchev–Trinajstić information content (AvgIpc) is 2.06. The van der Waals surface area contributed by atoms with Gasteiger partial charge in [-0.1, -0.05) is 17.7 Å². The number of ether oxygens (including phenoxy) is 1. The van der Waals surface area contributed by atoms with Crippen LogP contribution in [-0.4, -0.2) is 7.11 Å². The van der Waals surface area contributed by atoms with Crippen LogP contribution in [0.15, 0.2) is 24.3 Å². The molecular formula is C7H7ClI2OZn. The Morgan fingerprint density at radius 3 is 2.33 bits per heavy atom. The zero-order valence-electron chi connectivity index (χ0n) is 6.56. The van der Waals surface area contributed by atoms with Crippen molar-refractivity contribution in [3.63, 3.8) is 0 Å². The molecule has 0 aliphatic rings. The van der Waals surface area contributed by atoms with Crippen molar-refractivity contribution in [1.82, 2.24) is 0 Å². The Balaban J connectivity index is 0.000000354. The molecule has 0 bridgehead atoms. The zero-order chi connectivity index (χ0) is 9.40. The van der Waals surface area contributed by atoms with Gasteiger partial charge < -0.3 is 4.74 Å². The van der Waals surface area contributed by atoms with E-state index in [9.17, 15) is 0 Å². The zero-order valence-corrected chi connectivity index (χ0v) is 14.6. The predicted octanol–water partition coefficient (Wildman–Crippen LogP) is 4.12. The second-order valence-electron chi connectivity index (χ2n) is 1.76. The van der Waals surface area contributed by atoms with Crippen LogP contribution in [0, 0.1) is 0 Å². The van der Waals surface area contributed by atoms with Gasteiger partial charge in [-0.2, -0.15) is 0 Å². The van der Waals surface area contributed by atoms with Crippen LogP contribution < -0.4 is 4.74 Å². The van der Waals surface area contributed by atoms with Crippen molar-refractivity contribution in [2.75, 3.05) is 7.11 Å². The maximum absolute atomic E-state index is 5.64. The summed E-state index contributed by atoms with van der Waals surface area (Å²) in [6, 6.07) is 7.28. The van der Waals surface area contributed by atoms with Gasteiger partial charge in [-0.3, -0.25) is 0 Å². The molecule has 0 amide bonds. The molecule has 0 aliphatic heterocycles. The fourth-order valence-electron chi connectivity index (χ4n) is 0.594. The molecule has 0 aliphatic carbocycles. The molecule has 0 radical (unpaired) electrons. The summed E-state index contributed by atoms with van der Waals surface area (Å²) in [4.78, 5) is 0. The summed E-state index contributed by atoms with van der Waals surface area (Å²) in [7, 11) is 1.68.